The van der Waals surface area contributed by atoms with Gasteiger partial charge in [0.1, 0.15) is 29.6 Å². The molecule has 1 atom stereocenters. The van der Waals surface area contributed by atoms with Gasteiger partial charge in [0, 0.05) is 13.5 Å². The maximum atomic E-state index is 12.3. The van der Waals surface area contributed by atoms with E-state index in [0.29, 0.717) is 37.3 Å². The van der Waals surface area contributed by atoms with Gasteiger partial charge in [-0.3, -0.25) is 9.59 Å². The predicted octanol–water partition coefficient (Wildman–Crippen LogP) is 3.41. The second-order valence-electron chi connectivity index (χ2n) is 6.50. The lowest BCUT2D eigenvalue weighted by molar-refractivity contribution is -0.130. The smallest absolute Gasteiger partial charge is 0.167 e. The molecule has 1 aromatic heterocycles. The molecule has 0 amide bonds. The molecule has 1 aliphatic rings. The van der Waals surface area contributed by atoms with Crippen LogP contribution in [-0.4, -0.2) is 37.0 Å². The average molecular weight is 353 g/mol. The Morgan fingerprint density at radius 1 is 1.19 bits per heavy atom. The fourth-order valence-corrected chi connectivity index (χ4v) is 3.50. The molecule has 0 radical (unpaired) electrons. The van der Waals surface area contributed by atoms with E-state index in [0.717, 1.165) is 21.9 Å². The number of Topliss-reactive ketones (excluding diaryl/α,β-unsaturated/α-hetero) is 2. The van der Waals surface area contributed by atoms with Crippen molar-refractivity contribution in [2.75, 3.05) is 20.3 Å². The second kappa shape index (κ2) is 6.88. The Labute approximate surface area is 150 Å². The van der Waals surface area contributed by atoms with Crippen LogP contribution in [0.4, 0.5) is 0 Å². The Morgan fingerprint density at radius 3 is 2.88 bits per heavy atom. The van der Waals surface area contributed by atoms with Gasteiger partial charge in [0.05, 0.1) is 24.3 Å². The third kappa shape index (κ3) is 2.97. The van der Waals surface area contributed by atoms with Gasteiger partial charge in [-0.25, -0.2) is 0 Å². The Morgan fingerprint density at radius 2 is 2.08 bits per heavy atom. The zero-order valence-corrected chi connectivity index (χ0v) is 14.5. The molecule has 1 saturated carbocycles. The highest BCUT2D eigenvalue weighted by molar-refractivity contribution is 6.11. The van der Waals surface area contributed by atoms with Crippen molar-refractivity contribution in [1.29, 1.82) is 0 Å². The van der Waals surface area contributed by atoms with Crippen LogP contribution in [0.5, 0.6) is 5.75 Å². The minimum atomic E-state index is -0.378. The zero-order valence-electron chi connectivity index (χ0n) is 14.5. The molecule has 0 bridgehead atoms. The fraction of sp³-hybridized carbons (Fsp3) is 0.350. The average Bonchev–Trinajstić information content (AvgIpc) is 3.06. The van der Waals surface area contributed by atoms with Crippen LogP contribution in [0.3, 0.4) is 0 Å². The number of hydrogen-bond acceptors (Lipinski definition) is 6. The summed E-state index contributed by atoms with van der Waals surface area (Å²) in [6.07, 6.45) is 0.891. The Bertz CT molecular complexity index is 990. The van der Waals surface area contributed by atoms with Gasteiger partial charge in [0.15, 0.2) is 5.58 Å². The van der Waals surface area contributed by atoms with Crippen LogP contribution < -0.4 is 4.74 Å². The number of hydrogen-bond donors (Lipinski definition) is 0. The van der Waals surface area contributed by atoms with Gasteiger partial charge >= 0.3 is 0 Å². The largest absolute Gasteiger partial charge is 0.491 e. The molecular weight excluding hydrogens is 334 g/mol. The summed E-state index contributed by atoms with van der Waals surface area (Å²) in [6, 6.07) is 9.60. The van der Waals surface area contributed by atoms with Crippen LogP contribution in [0.1, 0.15) is 30.9 Å². The molecule has 6 nitrogen and oxygen atoms in total. The van der Waals surface area contributed by atoms with Crippen LogP contribution in [0.25, 0.3) is 21.7 Å². The van der Waals surface area contributed by atoms with Crippen molar-refractivity contribution < 1.29 is 23.6 Å². The van der Waals surface area contributed by atoms with Gasteiger partial charge in [-0.1, -0.05) is 11.2 Å². The third-order valence-electron chi connectivity index (χ3n) is 4.81. The standard InChI is InChI=1S/C20H19NO5/c1-24-8-9-25-14-4-6-15-12(10-14)2-7-18-19(15)20(21-26-18)16-5-3-13(22)11-17(16)23/h2,4,6-7,10,16H,3,5,8-9,11H2,1H3/t16-/m1/s1. The first-order chi connectivity index (χ1) is 12.7. The minimum Gasteiger partial charge on any atom is -0.491 e. The van der Waals surface area contributed by atoms with Gasteiger partial charge in [0.25, 0.3) is 0 Å². The van der Waals surface area contributed by atoms with E-state index >= 15 is 0 Å². The van der Waals surface area contributed by atoms with E-state index in [-0.39, 0.29) is 23.9 Å². The van der Waals surface area contributed by atoms with Crippen molar-refractivity contribution in [3.63, 3.8) is 0 Å². The van der Waals surface area contributed by atoms with Crippen LogP contribution in [0.15, 0.2) is 34.9 Å². The van der Waals surface area contributed by atoms with Crippen LogP contribution in [0, 0.1) is 0 Å². The SMILES string of the molecule is COCCOc1ccc2c(ccc3onc([C@@H]4CCC(=O)CC4=O)c32)c1. The summed E-state index contributed by atoms with van der Waals surface area (Å²) in [5, 5.41) is 6.96. The molecule has 6 heteroatoms. The molecule has 4 rings (SSSR count). The second-order valence-corrected chi connectivity index (χ2v) is 6.50. The van der Waals surface area contributed by atoms with E-state index in [1.54, 1.807) is 7.11 Å². The number of carbonyl (C=O) groups excluding carboxylic acids is 2. The lowest BCUT2D eigenvalue weighted by Gasteiger charge is -2.18. The van der Waals surface area contributed by atoms with Crippen LogP contribution in [0.2, 0.25) is 0 Å². The first-order valence-corrected chi connectivity index (χ1v) is 8.65. The van der Waals surface area contributed by atoms with Crippen molar-refractivity contribution in [1.82, 2.24) is 5.16 Å². The highest BCUT2D eigenvalue weighted by Crippen LogP contribution is 2.37. The number of rotatable bonds is 5. The van der Waals surface area contributed by atoms with Crippen molar-refractivity contribution >= 4 is 33.3 Å². The van der Waals surface area contributed by atoms with Gasteiger partial charge < -0.3 is 14.0 Å². The summed E-state index contributed by atoms with van der Waals surface area (Å²) >= 11 is 0. The number of nitrogens with zero attached hydrogens (tertiary/aromatic N) is 1. The van der Waals surface area contributed by atoms with Crippen LogP contribution in [-0.2, 0) is 14.3 Å². The summed E-state index contributed by atoms with van der Waals surface area (Å²) in [7, 11) is 1.63. The molecule has 3 aromatic rings. The monoisotopic (exact) mass is 353 g/mol. The first-order valence-electron chi connectivity index (χ1n) is 8.65. The Kier molecular flexibility index (Phi) is 4.42. The molecule has 0 N–H and O–H groups in total. The highest BCUT2D eigenvalue weighted by Gasteiger charge is 2.32. The van der Waals surface area contributed by atoms with E-state index in [1.165, 1.54) is 0 Å². The Hall–Kier alpha value is -2.73. The highest BCUT2D eigenvalue weighted by atomic mass is 16.5. The van der Waals surface area contributed by atoms with Gasteiger partial charge in [-0.15, -0.1) is 0 Å². The normalized spacial score (nSPS) is 18.0. The lowest BCUT2D eigenvalue weighted by Crippen LogP contribution is -2.23. The van der Waals surface area contributed by atoms with Crippen LogP contribution >= 0.6 is 0 Å². The van der Waals surface area contributed by atoms with Crippen molar-refractivity contribution in [2.24, 2.45) is 0 Å². The number of ether oxygens (including phenoxy) is 2. The third-order valence-corrected chi connectivity index (χ3v) is 4.81. The minimum absolute atomic E-state index is 0.00163. The molecule has 2 aromatic carbocycles. The molecular formula is C20H19NO5. The van der Waals surface area contributed by atoms with Crippen molar-refractivity contribution in [3.8, 4) is 5.75 Å². The number of ketones is 2. The van der Waals surface area contributed by atoms with E-state index in [4.69, 9.17) is 14.0 Å². The number of fused-ring (bicyclic) bond motifs is 3. The van der Waals surface area contributed by atoms with E-state index in [1.807, 2.05) is 30.3 Å². The molecule has 0 aliphatic heterocycles. The molecule has 0 unspecified atom stereocenters. The lowest BCUT2D eigenvalue weighted by atomic mass is 9.83. The zero-order chi connectivity index (χ0) is 18.1. The molecule has 1 heterocycles. The maximum Gasteiger partial charge on any atom is 0.167 e. The summed E-state index contributed by atoms with van der Waals surface area (Å²) in [5.74, 6) is 0.304. The number of aromatic nitrogens is 1. The van der Waals surface area contributed by atoms with Gasteiger partial charge in [-0.05, 0) is 41.5 Å². The molecule has 134 valence electrons. The fourth-order valence-electron chi connectivity index (χ4n) is 3.50. The maximum absolute atomic E-state index is 12.3. The molecule has 0 spiro atoms. The summed E-state index contributed by atoms with van der Waals surface area (Å²) in [5.41, 5.74) is 1.28. The predicted molar refractivity (Wildman–Crippen MR) is 95.5 cm³/mol. The topological polar surface area (TPSA) is 78.6 Å². The quantitative estimate of drug-likeness (QED) is 0.517. The van der Waals surface area contributed by atoms with Gasteiger partial charge in [0.2, 0.25) is 0 Å². The van der Waals surface area contributed by atoms with Crippen molar-refractivity contribution in [2.45, 2.75) is 25.2 Å². The van der Waals surface area contributed by atoms with Gasteiger partial charge in [-0.2, -0.15) is 0 Å². The van der Waals surface area contributed by atoms with Crippen molar-refractivity contribution in [3.05, 3.63) is 36.0 Å². The summed E-state index contributed by atoms with van der Waals surface area (Å²) in [4.78, 5) is 23.9. The first kappa shape index (κ1) is 16.7. The molecule has 26 heavy (non-hydrogen) atoms. The Balaban J connectivity index is 1.75. The van der Waals surface area contributed by atoms with E-state index in [2.05, 4.69) is 5.16 Å². The summed E-state index contributed by atoms with van der Waals surface area (Å²) in [6.45, 7) is 1.00. The summed E-state index contributed by atoms with van der Waals surface area (Å²) < 4.78 is 16.1. The number of carbonyl (C=O) groups is 2. The van der Waals surface area contributed by atoms with E-state index < -0.39 is 0 Å². The molecule has 1 aliphatic carbocycles. The molecule has 0 saturated heterocycles. The number of methoxy groups -OCH3 is 1. The van der Waals surface area contributed by atoms with E-state index in [9.17, 15) is 9.59 Å². The molecule has 1 fully saturated rings. The number of benzene rings is 2.